The summed E-state index contributed by atoms with van der Waals surface area (Å²) in [6, 6.07) is 0.498. The van der Waals surface area contributed by atoms with E-state index >= 15 is 0 Å². The molecule has 0 aromatic carbocycles. The smallest absolute Gasteiger partial charge is 0.244 e. The number of hydrogen-bond acceptors (Lipinski definition) is 6. The number of hydrogen-bond donors (Lipinski definition) is 2. The summed E-state index contributed by atoms with van der Waals surface area (Å²) >= 11 is 0. The van der Waals surface area contributed by atoms with Gasteiger partial charge in [-0.3, -0.25) is 0 Å². The van der Waals surface area contributed by atoms with Crippen molar-refractivity contribution in [1.29, 1.82) is 0 Å². The highest BCUT2D eigenvalue weighted by Gasteiger charge is 2.13. The summed E-state index contributed by atoms with van der Waals surface area (Å²) in [6.07, 6.45) is 10.5. The molecule has 6 nitrogen and oxygen atoms in total. The molecule has 2 N–H and O–H groups in total. The van der Waals surface area contributed by atoms with E-state index in [-0.39, 0.29) is 0 Å². The Hall–Kier alpha value is -1.43. The maximum atomic E-state index is 4.50. The first-order valence-corrected chi connectivity index (χ1v) is 8.09. The number of nitrogens with one attached hydrogen (secondary N) is 2. The van der Waals surface area contributed by atoms with Gasteiger partial charge in [0, 0.05) is 12.6 Å². The van der Waals surface area contributed by atoms with Crippen molar-refractivity contribution in [3.8, 4) is 0 Å². The van der Waals surface area contributed by atoms with Crippen LogP contribution in [0.3, 0.4) is 0 Å². The summed E-state index contributed by atoms with van der Waals surface area (Å²) in [5.41, 5.74) is 0. The molecule has 2 rings (SSSR count). The monoisotopic (exact) mass is 292 g/mol. The van der Waals surface area contributed by atoms with E-state index in [0.717, 1.165) is 25.3 Å². The molecule has 1 aliphatic rings. The summed E-state index contributed by atoms with van der Waals surface area (Å²) in [4.78, 5) is 6.68. The molecule has 0 atom stereocenters. The molecule has 0 spiro atoms. The van der Waals surface area contributed by atoms with Crippen LogP contribution in [0.1, 0.15) is 44.9 Å². The molecule has 0 amide bonds. The fourth-order valence-electron chi connectivity index (χ4n) is 2.67. The topological polar surface area (TPSA) is 66.0 Å². The Bertz CT molecular complexity index is 401. The Balaban J connectivity index is 1.79. The molecule has 118 valence electrons. The summed E-state index contributed by atoms with van der Waals surface area (Å²) in [7, 11) is 4.17. The Kier molecular flexibility index (Phi) is 6.66. The zero-order valence-electron chi connectivity index (χ0n) is 13.3. The minimum atomic E-state index is 0.498. The van der Waals surface area contributed by atoms with Crippen LogP contribution in [0.25, 0.3) is 0 Å². The lowest BCUT2D eigenvalue weighted by Gasteiger charge is -2.16. The third-order valence-electron chi connectivity index (χ3n) is 3.84. The molecule has 0 radical (unpaired) electrons. The normalized spacial score (nSPS) is 16.7. The second-order valence-corrected chi connectivity index (χ2v) is 6.08. The molecule has 0 bridgehead atoms. The molecule has 21 heavy (non-hydrogen) atoms. The molecular weight excluding hydrogens is 264 g/mol. The van der Waals surface area contributed by atoms with Crippen LogP contribution >= 0.6 is 0 Å². The second-order valence-electron chi connectivity index (χ2n) is 6.08. The van der Waals surface area contributed by atoms with Crippen LogP contribution in [-0.2, 0) is 0 Å². The van der Waals surface area contributed by atoms with Crippen LogP contribution in [0.4, 0.5) is 11.8 Å². The van der Waals surface area contributed by atoms with E-state index in [0.29, 0.717) is 12.0 Å². The highest BCUT2D eigenvalue weighted by atomic mass is 15.3. The molecule has 1 aromatic heterocycles. The molecular formula is C15H28N6. The van der Waals surface area contributed by atoms with E-state index in [1.165, 1.54) is 38.5 Å². The van der Waals surface area contributed by atoms with Crippen LogP contribution in [0.2, 0.25) is 0 Å². The zero-order valence-corrected chi connectivity index (χ0v) is 13.3. The van der Waals surface area contributed by atoms with Crippen molar-refractivity contribution >= 4 is 11.8 Å². The zero-order chi connectivity index (χ0) is 14.9. The molecule has 0 aliphatic heterocycles. The van der Waals surface area contributed by atoms with Crippen molar-refractivity contribution in [2.45, 2.75) is 51.0 Å². The maximum absolute atomic E-state index is 4.50. The predicted molar refractivity (Wildman–Crippen MR) is 86.6 cm³/mol. The standard InChI is InChI=1S/C15H28N6/c1-21(2)11-7-10-16-14-12-17-20-15(19-14)18-13-8-5-3-4-6-9-13/h12-13H,3-11H2,1-2H3,(H2,16,18,19,20). The Labute approximate surface area is 127 Å². The van der Waals surface area contributed by atoms with Crippen molar-refractivity contribution in [1.82, 2.24) is 20.1 Å². The molecule has 1 heterocycles. The van der Waals surface area contributed by atoms with Gasteiger partial charge >= 0.3 is 0 Å². The molecule has 1 fully saturated rings. The summed E-state index contributed by atoms with van der Waals surface area (Å²) < 4.78 is 0. The first-order chi connectivity index (χ1) is 10.2. The van der Waals surface area contributed by atoms with Gasteiger partial charge in [-0.1, -0.05) is 25.7 Å². The van der Waals surface area contributed by atoms with E-state index in [1.807, 2.05) is 0 Å². The van der Waals surface area contributed by atoms with Crippen LogP contribution in [0, 0.1) is 0 Å². The largest absolute Gasteiger partial charge is 0.369 e. The first-order valence-electron chi connectivity index (χ1n) is 8.09. The Morgan fingerprint density at radius 3 is 2.67 bits per heavy atom. The number of anilines is 2. The maximum Gasteiger partial charge on any atom is 0.244 e. The highest BCUT2D eigenvalue weighted by molar-refractivity contribution is 5.37. The van der Waals surface area contributed by atoms with Gasteiger partial charge in [0.25, 0.3) is 0 Å². The molecule has 0 unspecified atom stereocenters. The fourth-order valence-corrected chi connectivity index (χ4v) is 2.67. The number of rotatable bonds is 7. The minimum Gasteiger partial charge on any atom is -0.369 e. The van der Waals surface area contributed by atoms with E-state index < -0.39 is 0 Å². The third-order valence-corrected chi connectivity index (χ3v) is 3.84. The average molecular weight is 292 g/mol. The van der Waals surface area contributed by atoms with Crippen LogP contribution in [0.15, 0.2) is 6.20 Å². The van der Waals surface area contributed by atoms with Gasteiger partial charge in [0.15, 0.2) is 5.82 Å². The molecule has 6 heteroatoms. The Morgan fingerprint density at radius 2 is 1.95 bits per heavy atom. The van der Waals surface area contributed by atoms with Crippen molar-refractivity contribution in [3.63, 3.8) is 0 Å². The van der Waals surface area contributed by atoms with Gasteiger partial charge in [0.05, 0.1) is 6.20 Å². The van der Waals surface area contributed by atoms with Crippen LogP contribution in [0.5, 0.6) is 0 Å². The Morgan fingerprint density at radius 1 is 1.19 bits per heavy atom. The number of aromatic nitrogens is 3. The minimum absolute atomic E-state index is 0.498. The lowest BCUT2D eigenvalue weighted by atomic mass is 10.1. The van der Waals surface area contributed by atoms with Gasteiger partial charge in [-0.15, -0.1) is 5.10 Å². The SMILES string of the molecule is CN(C)CCCNc1cnnc(NC2CCCCCC2)n1. The van der Waals surface area contributed by atoms with Crippen LogP contribution in [-0.4, -0.2) is 53.3 Å². The molecule has 1 saturated carbocycles. The van der Waals surface area contributed by atoms with Gasteiger partial charge in [-0.05, 0) is 39.9 Å². The van der Waals surface area contributed by atoms with E-state index in [9.17, 15) is 0 Å². The van der Waals surface area contributed by atoms with Crippen molar-refractivity contribution in [3.05, 3.63) is 6.20 Å². The van der Waals surface area contributed by atoms with Gasteiger partial charge < -0.3 is 15.5 Å². The third kappa shape index (κ3) is 6.25. The van der Waals surface area contributed by atoms with Gasteiger partial charge in [-0.2, -0.15) is 10.1 Å². The summed E-state index contributed by atoms with van der Waals surface area (Å²) in [5.74, 6) is 1.46. The van der Waals surface area contributed by atoms with Crippen molar-refractivity contribution in [2.24, 2.45) is 0 Å². The lowest BCUT2D eigenvalue weighted by molar-refractivity contribution is 0.405. The van der Waals surface area contributed by atoms with Crippen molar-refractivity contribution in [2.75, 3.05) is 37.8 Å². The van der Waals surface area contributed by atoms with E-state index in [1.54, 1.807) is 6.20 Å². The quantitative estimate of drug-likeness (QED) is 0.594. The summed E-state index contributed by atoms with van der Waals surface area (Å²) in [6.45, 7) is 1.97. The van der Waals surface area contributed by atoms with Gasteiger partial charge in [0.2, 0.25) is 5.95 Å². The van der Waals surface area contributed by atoms with E-state index in [2.05, 4.69) is 44.8 Å². The molecule has 1 aromatic rings. The van der Waals surface area contributed by atoms with Gasteiger partial charge in [0.1, 0.15) is 0 Å². The molecule has 0 saturated heterocycles. The van der Waals surface area contributed by atoms with Gasteiger partial charge in [-0.25, -0.2) is 0 Å². The van der Waals surface area contributed by atoms with Crippen molar-refractivity contribution < 1.29 is 0 Å². The fraction of sp³-hybridized carbons (Fsp3) is 0.800. The molecule has 1 aliphatic carbocycles. The second kappa shape index (κ2) is 8.77. The van der Waals surface area contributed by atoms with Crippen LogP contribution < -0.4 is 10.6 Å². The number of nitrogens with zero attached hydrogens (tertiary/aromatic N) is 4. The predicted octanol–water partition coefficient (Wildman–Crippen LogP) is 2.37. The first kappa shape index (κ1) is 15.9. The lowest BCUT2D eigenvalue weighted by Crippen LogP contribution is -2.21. The highest BCUT2D eigenvalue weighted by Crippen LogP contribution is 2.19. The van der Waals surface area contributed by atoms with E-state index in [4.69, 9.17) is 0 Å². The summed E-state index contributed by atoms with van der Waals surface area (Å²) in [5, 5.41) is 14.9. The average Bonchev–Trinajstić information content (AvgIpc) is 2.73.